The lowest BCUT2D eigenvalue weighted by Gasteiger charge is -2.47. The minimum Gasteiger partial charge on any atom is -0.441 e. The van der Waals surface area contributed by atoms with Crippen LogP contribution in [-0.4, -0.2) is 47.4 Å². The summed E-state index contributed by atoms with van der Waals surface area (Å²) >= 11 is 1.60. The van der Waals surface area contributed by atoms with E-state index in [0.29, 0.717) is 13.2 Å². The molecule has 3 aromatic carbocycles. The normalized spacial score (nSPS) is 30.4. The predicted molar refractivity (Wildman–Crippen MR) is 127 cm³/mol. The summed E-state index contributed by atoms with van der Waals surface area (Å²) < 4.78 is 24.9. The third kappa shape index (κ3) is 4.20. The number of carbonyl (C=O) groups excluding carboxylic acids is 1. The Hall–Kier alpha value is -2.84. The van der Waals surface area contributed by atoms with Crippen LogP contribution >= 0.6 is 11.8 Å². The SMILES string of the molecule is O=C1O[C@H]2[C@@H]3O[C@H](c4ccccc4)OC[C@H]3O[C@@H](Sc3ccccc3)[C@H]2N1Cc1ccccc1. The molecule has 34 heavy (non-hydrogen) atoms. The summed E-state index contributed by atoms with van der Waals surface area (Å²) in [6.45, 7) is 0.821. The van der Waals surface area contributed by atoms with Crippen LogP contribution in [0.1, 0.15) is 17.4 Å². The van der Waals surface area contributed by atoms with Gasteiger partial charge < -0.3 is 18.9 Å². The van der Waals surface area contributed by atoms with Crippen LogP contribution < -0.4 is 0 Å². The van der Waals surface area contributed by atoms with E-state index in [-0.39, 0.29) is 23.7 Å². The number of fused-ring (bicyclic) bond motifs is 3. The van der Waals surface area contributed by atoms with Gasteiger partial charge >= 0.3 is 6.09 Å². The molecule has 0 bridgehead atoms. The van der Waals surface area contributed by atoms with Crippen LogP contribution in [0.2, 0.25) is 0 Å². The number of carbonyl (C=O) groups is 1. The summed E-state index contributed by atoms with van der Waals surface area (Å²) in [5, 5.41) is 0. The van der Waals surface area contributed by atoms with Crippen LogP contribution in [0.4, 0.5) is 4.79 Å². The zero-order chi connectivity index (χ0) is 22.9. The van der Waals surface area contributed by atoms with Crippen molar-refractivity contribution in [1.82, 2.24) is 4.90 Å². The Balaban J connectivity index is 1.30. The van der Waals surface area contributed by atoms with E-state index in [1.54, 1.807) is 16.7 Å². The topological polar surface area (TPSA) is 57.2 Å². The molecular formula is C27H25NO5S. The quantitative estimate of drug-likeness (QED) is 0.517. The van der Waals surface area contributed by atoms with E-state index in [0.717, 1.165) is 16.0 Å². The Labute approximate surface area is 202 Å². The Kier molecular flexibility index (Phi) is 6.01. The summed E-state index contributed by atoms with van der Waals surface area (Å²) in [6, 6.07) is 29.6. The number of hydrogen-bond donors (Lipinski definition) is 0. The average Bonchev–Trinajstić information content (AvgIpc) is 3.22. The van der Waals surface area contributed by atoms with Crippen molar-refractivity contribution in [3.8, 4) is 0 Å². The van der Waals surface area contributed by atoms with E-state index in [2.05, 4.69) is 0 Å². The number of rotatable bonds is 5. The third-order valence-electron chi connectivity index (χ3n) is 6.40. The van der Waals surface area contributed by atoms with Crippen LogP contribution in [-0.2, 0) is 25.5 Å². The molecule has 6 nitrogen and oxygen atoms in total. The first-order valence-electron chi connectivity index (χ1n) is 11.5. The molecule has 1 amide bonds. The number of nitrogens with zero attached hydrogens (tertiary/aromatic N) is 1. The fourth-order valence-electron chi connectivity index (χ4n) is 4.79. The van der Waals surface area contributed by atoms with Crippen molar-refractivity contribution in [2.24, 2.45) is 0 Å². The fourth-order valence-corrected chi connectivity index (χ4v) is 6.01. The summed E-state index contributed by atoms with van der Waals surface area (Å²) in [5.74, 6) is 0. The number of ether oxygens (including phenoxy) is 4. The molecule has 3 saturated heterocycles. The predicted octanol–water partition coefficient (Wildman–Crippen LogP) is 5.01. The van der Waals surface area contributed by atoms with Gasteiger partial charge in [0, 0.05) is 17.0 Å². The molecule has 3 heterocycles. The largest absolute Gasteiger partial charge is 0.441 e. The van der Waals surface area contributed by atoms with Crippen LogP contribution in [0.15, 0.2) is 95.9 Å². The van der Waals surface area contributed by atoms with Gasteiger partial charge in [0.25, 0.3) is 0 Å². The number of benzene rings is 3. The van der Waals surface area contributed by atoms with Gasteiger partial charge in [0.1, 0.15) is 23.7 Å². The second-order valence-electron chi connectivity index (χ2n) is 8.60. The minimum absolute atomic E-state index is 0.298. The Morgan fingerprint density at radius 1 is 0.824 bits per heavy atom. The fraction of sp³-hybridized carbons (Fsp3) is 0.296. The molecule has 3 aliphatic heterocycles. The van der Waals surface area contributed by atoms with E-state index < -0.39 is 18.5 Å². The highest BCUT2D eigenvalue weighted by Crippen LogP contribution is 2.44. The first-order chi connectivity index (χ1) is 16.8. The van der Waals surface area contributed by atoms with Gasteiger partial charge in [-0.3, -0.25) is 4.90 Å². The molecule has 0 radical (unpaired) electrons. The van der Waals surface area contributed by atoms with Gasteiger partial charge in [0.05, 0.1) is 6.61 Å². The standard InChI is InChI=1S/C27H25NO5S/c29-27-28(16-18-10-4-1-5-11-18)22-24(33-27)23-21(31-26(22)34-20-14-8-3-9-15-20)17-30-25(32-23)19-12-6-2-7-13-19/h1-15,21-26H,16-17H2/t21-,22+,23-,24-,25-,26+/m1/s1. The van der Waals surface area contributed by atoms with Gasteiger partial charge in [0.15, 0.2) is 12.4 Å². The summed E-state index contributed by atoms with van der Waals surface area (Å²) in [6.07, 6.45) is -2.06. The number of thioether (sulfide) groups is 1. The van der Waals surface area contributed by atoms with Crippen LogP contribution in [0.25, 0.3) is 0 Å². The highest BCUT2D eigenvalue weighted by molar-refractivity contribution is 7.99. The lowest BCUT2D eigenvalue weighted by molar-refractivity contribution is -0.303. The van der Waals surface area contributed by atoms with Crippen LogP contribution in [0.3, 0.4) is 0 Å². The van der Waals surface area contributed by atoms with E-state index in [4.69, 9.17) is 18.9 Å². The van der Waals surface area contributed by atoms with Crippen molar-refractivity contribution in [1.29, 1.82) is 0 Å². The van der Waals surface area contributed by atoms with Crippen molar-refractivity contribution in [3.63, 3.8) is 0 Å². The molecule has 174 valence electrons. The van der Waals surface area contributed by atoms with Gasteiger partial charge in [-0.15, -0.1) is 0 Å². The molecule has 7 heteroatoms. The molecule has 0 aliphatic carbocycles. The highest BCUT2D eigenvalue weighted by Gasteiger charge is 2.58. The molecule has 0 N–H and O–H groups in total. The molecule has 3 fully saturated rings. The maximum Gasteiger partial charge on any atom is 0.411 e. The molecule has 0 unspecified atom stereocenters. The van der Waals surface area contributed by atoms with Gasteiger partial charge in [0.2, 0.25) is 0 Å². The monoisotopic (exact) mass is 475 g/mol. The zero-order valence-corrected chi connectivity index (χ0v) is 19.3. The highest BCUT2D eigenvalue weighted by atomic mass is 32.2. The van der Waals surface area contributed by atoms with Crippen molar-refractivity contribution in [3.05, 3.63) is 102 Å². The molecular weight excluding hydrogens is 450 g/mol. The second kappa shape index (κ2) is 9.43. The third-order valence-corrected chi connectivity index (χ3v) is 7.57. The van der Waals surface area contributed by atoms with Crippen molar-refractivity contribution in [2.75, 3.05) is 6.61 Å². The summed E-state index contributed by atoms with van der Waals surface area (Å²) in [5.41, 5.74) is 1.66. The van der Waals surface area contributed by atoms with E-state index >= 15 is 0 Å². The van der Waals surface area contributed by atoms with Crippen molar-refractivity contribution < 1.29 is 23.7 Å². The maximum absolute atomic E-state index is 13.1. The second-order valence-corrected chi connectivity index (χ2v) is 9.77. The van der Waals surface area contributed by atoms with Gasteiger partial charge in [-0.25, -0.2) is 4.79 Å². The summed E-state index contributed by atoms with van der Waals surface area (Å²) in [7, 11) is 0. The van der Waals surface area contributed by atoms with E-state index in [1.165, 1.54) is 0 Å². The number of hydrogen-bond acceptors (Lipinski definition) is 6. The smallest absolute Gasteiger partial charge is 0.411 e. The van der Waals surface area contributed by atoms with Gasteiger partial charge in [-0.1, -0.05) is 90.6 Å². The first-order valence-corrected chi connectivity index (χ1v) is 12.3. The molecule has 3 aromatic rings. The van der Waals surface area contributed by atoms with Gasteiger partial charge in [-0.2, -0.15) is 0 Å². The Bertz CT molecular complexity index is 1120. The zero-order valence-electron chi connectivity index (χ0n) is 18.4. The van der Waals surface area contributed by atoms with E-state index in [1.807, 2.05) is 91.0 Å². The van der Waals surface area contributed by atoms with E-state index in [9.17, 15) is 4.79 Å². The summed E-state index contributed by atoms with van der Waals surface area (Å²) in [4.78, 5) is 16.0. The van der Waals surface area contributed by atoms with Gasteiger partial charge in [-0.05, 0) is 17.7 Å². The van der Waals surface area contributed by atoms with Crippen molar-refractivity contribution >= 4 is 17.9 Å². The Morgan fingerprint density at radius 2 is 1.50 bits per heavy atom. The molecule has 6 atom stereocenters. The maximum atomic E-state index is 13.1. The molecule has 0 saturated carbocycles. The molecule has 3 aliphatic rings. The molecule has 6 rings (SSSR count). The van der Waals surface area contributed by atoms with Crippen LogP contribution in [0, 0.1) is 0 Å². The molecule has 0 aromatic heterocycles. The lowest BCUT2D eigenvalue weighted by atomic mass is 9.96. The molecule has 0 spiro atoms. The number of amides is 1. The average molecular weight is 476 g/mol. The minimum atomic E-state index is -0.521. The van der Waals surface area contributed by atoms with Crippen molar-refractivity contribution in [2.45, 2.75) is 47.5 Å². The first kappa shape index (κ1) is 21.7. The van der Waals surface area contributed by atoms with Crippen LogP contribution in [0.5, 0.6) is 0 Å². The Morgan fingerprint density at radius 3 is 2.24 bits per heavy atom. The lowest BCUT2D eigenvalue weighted by Crippen LogP contribution is -2.62.